The van der Waals surface area contributed by atoms with Gasteiger partial charge in [-0.25, -0.2) is 0 Å². The van der Waals surface area contributed by atoms with Gasteiger partial charge in [0.05, 0.1) is 13.2 Å². The van der Waals surface area contributed by atoms with Crippen LogP contribution in [0.25, 0.3) is 0 Å². The molecule has 3 heteroatoms. The molecule has 0 N–H and O–H groups in total. The average Bonchev–Trinajstić information content (AvgIpc) is 2.42. The molecule has 0 atom stereocenters. The quantitative estimate of drug-likeness (QED) is 0.250. The highest BCUT2D eigenvalue weighted by molar-refractivity contribution is 6.69. The largest absolute Gasteiger partial charge is 0.415 e. The summed E-state index contributed by atoms with van der Waals surface area (Å²) in [5.74, 6) is 0. The van der Waals surface area contributed by atoms with E-state index in [0.29, 0.717) is 0 Å². The first-order valence-corrected chi connectivity index (χ1v) is 12.7. The SMILES string of the molecule is CCCCCCCCCCCCCOCCO[Si](C)(C)C. The van der Waals surface area contributed by atoms with Crippen LogP contribution < -0.4 is 0 Å². The monoisotopic (exact) mass is 316 g/mol. The van der Waals surface area contributed by atoms with Crippen molar-refractivity contribution in [3.8, 4) is 0 Å². The highest BCUT2D eigenvalue weighted by Gasteiger charge is 2.12. The predicted molar refractivity (Wildman–Crippen MR) is 96.6 cm³/mol. The second kappa shape index (κ2) is 15.0. The highest BCUT2D eigenvalue weighted by atomic mass is 28.4. The molecule has 0 aliphatic rings. The first-order chi connectivity index (χ1) is 10.1. The van der Waals surface area contributed by atoms with Crippen molar-refractivity contribution >= 4 is 8.32 Å². The van der Waals surface area contributed by atoms with Crippen LogP contribution in [0.3, 0.4) is 0 Å². The summed E-state index contributed by atoms with van der Waals surface area (Å²) in [6.07, 6.45) is 15.3. The number of ether oxygens (including phenoxy) is 1. The molecule has 0 unspecified atom stereocenters. The number of hydrogen-bond donors (Lipinski definition) is 0. The minimum absolute atomic E-state index is 0.766. The van der Waals surface area contributed by atoms with Crippen LogP contribution in [-0.4, -0.2) is 28.1 Å². The lowest BCUT2D eigenvalue weighted by atomic mass is 10.1. The molecule has 0 spiro atoms. The van der Waals surface area contributed by atoms with E-state index in [1.165, 1.54) is 70.6 Å². The Hall–Kier alpha value is 0.137. The van der Waals surface area contributed by atoms with E-state index < -0.39 is 8.32 Å². The molecule has 0 bridgehead atoms. The minimum Gasteiger partial charge on any atom is -0.415 e. The van der Waals surface area contributed by atoms with E-state index in [4.69, 9.17) is 9.16 Å². The number of rotatable bonds is 16. The van der Waals surface area contributed by atoms with Gasteiger partial charge in [0.1, 0.15) is 0 Å². The van der Waals surface area contributed by atoms with E-state index >= 15 is 0 Å². The second-order valence-electron chi connectivity index (χ2n) is 7.11. The molecule has 0 radical (unpaired) electrons. The van der Waals surface area contributed by atoms with Crippen molar-refractivity contribution in [1.82, 2.24) is 0 Å². The molecule has 0 saturated carbocycles. The predicted octanol–water partition coefficient (Wildman–Crippen LogP) is 6.17. The molecule has 0 rings (SSSR count). The van der Waals surface area contributed by atoms with Gasteiger partial charge in [0, 0.05) is 6.61 Å². The van der Waals surface area contributed by atoms with Crippen molar-refractivity contribution in [2.75, 3.05) is 19.8 Å². The maximum atomic E-state index is 5.75. The molecule has 128 valence electrons. The Morgan fingerprint density at radius 1 is 0.571 bits per heavy atom. The molecule has 0 heterocycles. The van der Waals surface area contributed by atoms with Gasteiger partial charge in [-0.05, 0) is 26.1 Å². The Morgan fingerprint density at radius 2 is 1.05 bits per heavy atom. The second-order valence-corrected chi connectivity index (χ2v) is 11.6. The fourth-order valence-corrected chi connectivity index (χ4v) is 3.07. The van der Waals surface area contributed by atoms with Crippen LogP contribution in [0.15, 0.2) is 0 Å². The first kappa shape index (κ1) is 21.1. The summed E-state index contributed by atoms with van der Waals surface area (Å²) in [4.78, 5) is 0. The summed E-state index contributed by atoms with van der Waals surface area (Å²) in [6.45, 7) is 11.4. The standard InChI is InChI=1S/C18H40O2Si/c1-5-6-7-8-9-10-11-12-13-14-15-16-19-17-18-20-21(2,3)4/h5-18H2,1-4H3. The third-order valence-corrected chi connectivity index (χ3v) is 4.73. The molecule has 2 nitrogen and oxygen atoms in total. The topological polar surface area (TPSA) is 18.5 Å². The van der Waals surface area contributed by atoms with Gasteiger partial charge in [0.2, 0.25) is 0 Å². The average molecular weight is 317 g/mol. The fourth-order valence-electron chi connectivity index (χ4n) is 2.38. The molecule has 0 aromatic heterocycles. The normalized spacial score (nSPS) is 12.0. The van der Waals surface area contributed by atoms with Gasteiger partial charge >= 0.3 is 0 Å². The van der Waals surface area contributed by atoms with Crippen molar-refractivity contribution in [3.63, 3.8) is 0 Å². The van der Waals surface area contributed by atoms with Gasteiger partial charge in [-0.2, -0.15) is 0 Å². The van der Waals surface area contributed by atoms with Crippen LogP contribution >= 0.6 is 0 Å². The van der Waals surface area contributed by atoms with E-state index in [1.54, 1.807) is 0 Å². The molecule has 0 aromatic rings. The van der Waals surface area contributed by atoms with E-state index in [1.807, 2.05) is 0 Å². The van der Waals surface area contributed by atoms with E-state index in [2.05, 4.69) is 26.6 Å². The van der Waals surface area contributed by atoms with Crippen molar-refractivity contribution in [1.29, 1.82) is 0 Å². The van der Waals surface area contributed by atoms with Gasteiger partial charge < -0.3 is 9.16 Å². The highest BCUT2D eigenvalue weighted by Crippen LogP contribution is 2.11. The van der Waals surface area contributed by atoms with Crippen molar-refractivity contribution < 1.29 is 9.16 Å². The zero-order valence-corrected chi connectivity index (χ0v) is 16.2. The van der Waals surface area contributed by atoms with Crippen LogP contribution in [0.1, 0.15) is 77.6 Å². The van der Waals surface area contributed by atoms with Gasteiger partial charge in [0.15, 0.2) is 8.32 Å². The van der Waals surface area contributed by atoms with E-state index in [-0.39, 0.29) is 0 Å². The summed E-state index contributed by atoms with van der Waals surface area (Å²) in [5.41, 5.74) is 0. The lowest BCUT2D eigenvalue weighted by Crippen LogP contribution is -2.27. The van der Waals surface area contributed by atoms with Crippen LogP contribution in [-0.2, 0) is 9.16 Å². The van der Waals surface area contributed by atoms with Gasteiger partial charge in [0.25, 0.3) is 0 Å². The lowest BCUT2D eigenvalue weighted by molar-refractivity contribution is 0.0949. The third-order valence-electron chi connectivity index (χ3n) is 3.65. The Balaban J connectivity index is 3.00. The molecule has 0 fully saturated rings. The molecule has 21 heavy (non-hydrogen) atoms. The van der Waals surface area contributed by atoms with Crippen LogP contribution in [0.5, 0.6) is 0 Å². The summed E-state index contributed by atoms with van der Waals surface area (Å²) >= 11 is 0. The Labute approximate surface area is 135 Å². The maximum absolute atomic E-state index is 5.75. The molecule has 0 amide bonds. The van der Waals surface area contributed by atoms with Crippen molar-refractivity contribution in [3.05, 3.63) is 0 Å². The summed E-state index contributed by atoms with van der Waals surface area (Å²) in [5, 5.41) is 0. The maximum Gasteiger partial charge on any atom is 0.183 e. The zero-order valence-electron chi connectivity index (χ0n) is 15.2. The smallest absolute Gasteiger partial charge is 0.183 e. The van der Waals surface area contributed by atoms with Gasteiger partial charge in [-0.1, -0.05) is 71.1 Å². The lowest BCUT2D eigenvalue weighted by Gasteiger charge is -2.16. The first-order valence-electron chi connectivity index (χ1n) is 9.28. The Morgan fingerprint density at radius 3 is 1.52 bits per heavy atom. The molecule has 0 aliphatic heterocycles. The van der Waals surface area contributed by atoms with E-state index in [0.717, 1.165) is 19.8 Å². The molecular formula is C18H40O2Si. The Kier molecular flexibility index (Phi) is 15.1. The van der Waals surface area contributed by atoms with Gasteiger partial charge in [-0.15, -0.1) is 0 Å². The fraction of sp³-hybridized carbons (Fsp3) is 1.00. The third kappa shape index (κ3) is 20.1. The minimum atomic E-state index is -1.34. The zero-order chi connectivity index (χ0) is 15.8. The number of unbranched alkanes of at least 4 members (excludes halogenated alkanes) is 10. The molecule has 0 aromatic carbocycles. The van der Waals surface area contributed by atoms with Crippen LogP contribution in [0, 0.1) is 0 Å². The summed E-state index contributed by atoms with van der Waals surface area (Å²) < 4.78 is 11.4. The molecular weight excluding hydrogens is 276 g/mol. The number of hydrogen-bond acceptors (Lipinski definition) is 2. The molecule has 0 saturated heterocycles. The summed E-state index contributed by atoms with van der Waals surface area (Å²) in [7, 11) is -1.34. The van der Waals surface area contributed by atoms with Crippen LogP contribution in [0.2, 0.25) is 19.6 Å². The van der Waals surface area contributed by atoms with Crippen molar-refractivity contribution in [2.24, 2.45) is 0 Å². The van der Waals surface area contributed by atoms with Crippen molar-refractivity contribution in [2.45, 2.75) is 97.2 Å². The summed E-state index contributed by atoms with van der Waals surface area (Å²) in [6, 6.07) is 0. The van der Waals surface area contributed by atoms with E-state index in [9.17, 15) is 0 Å². The van der Waals surface area contributed by atoms with Gasteiger partial charge in [-0.3, -0.25) is 0 Å². The van der Waals surface area contributed by atoms with Crippen LogP contribution in [0.4, 0.5) is 0 Å². The Bertz CT molecular complexity index is 202. The molecule has 0 aliphatic carbocycles.